The van der Waals surface area contributed by atoms with Crippen LogP contribution in [-0.2, 0) is 0 Å². The number of nitrogens with zero attached hydrogens (tertiary/aromatic N) is 2. The maximum Gasteiger partial charge on any atom is 0.256 e. The second-order valence-electron chi connectivity index (χ2n) is 5.43. The molecule has 104 valence electrons. The molecule has 0 saturated carbocycles. The van der Waals surface area contributed by atoms with Gasteiger partial charge in [0.2, 0.25) is 0 Å². The van der Waals surface area contributed by atoms with Crippen LogP contribution in [0.3, 0.4) is 0 Å². The fourth-order valence-electron chi connectivity index (χ4n) is 2.54. The number of piperidine rings is 1. The van der Waals surface area contributed by atoms with E-state index in [0.717, 1.165) is 31.5 Å². The van der Waals surface area contributed by atoms with E-state index in [0.29, 0.717) is 0 Å². The smallest absolute Gasteiger partial charge is 0.256 e. The summed E-state index contributed by atoms with van der Waals surface area (Å²) < 4.78 is 13.8. The molecule has 2 rings (SSSR count). The summed E-state index contributed by atoms with van der Waals surface area (Å²) in [5.41, 5.74) is 1.09. The van der Waals surface area contributed by atoms with Gasteiger partial charge in [0.15, 0.2) is 0 Å². The van der Waals surface area contributed by atoms with Crippen molar-refractivity contribution in [1.29, 1.82) is 0 Å². The molecule has 0 unspecified atom stereocenters. The number of carbonyl (C=O) groups excluding carboxylic acids is 1. The van der Waals surface area contributed by atoms with Crippen molar-refractivity contribution in [3.63, 3.8) is 0 Å². The van der Waals surface area contributed by atoms with Crippen LogP contribution >= 0.6 is 0 Å². The summed E-state index contributed by atoms with van der Waals surface area (Å²) in [4.78, 5) is 16.3. The van der Waals surface area contributed by atoms with E-state index in [4.69, 9.17) is 0 Å². The lowest BCUT2D eigenvalue weighted by Gasteiger charge is -2.35. The minimum Gasteiger partial charge on any atom is -0.339 e. The first-order valence-electron chi connectivity index (χ1n) is 6.71. The first-order chi connectivity index (χ1) is 8.99. The van der Waals surface area contributed by atoms with Gasteiger partial charge in [0.25, 0.3) is 5.91 Å². The van der Waals surface area contributed by atoms with Gasteiger partial charge >= 0.3 is 0 Å². The van der Waals surface area contributed by atoms with Gasteiger partial charge in [0.1, 0.15) is 5.82 Å². The molecule has 1 aromatic rings. The largest absolute Gasteiger partial charge is 0.339 e. The van der Waals surface area contributed by atoms with Crippen molar-refractivity contribution in [3.05, 3.63) is 35.1 Å². The fraction of sp³-hybridized carbons (Fsp3) is 0.533. The second-order valence-corrected chi connectivity index (χ2v) is 5.43. The number of rotatable bonds is 2. The molecule has 0 radical (unpaired) electrons. The van der Waals surface area contributed by atoms with Gasteiger partial charge < -0.3 is 9.80 Å². The van der Waals surface area contributed by atoms with Crippen LogP contribution in [0.25, 0.3) is 0 Å². The summed E-state index contributed by atoms with van der Waals surface area (Å²) in [6.07, 6.45) is 1.90. The van der Waals surface area contributed by atoms with Gasteiger partial charge in [-0.1, -0.05) is 11.6 Å². The highest BCUT2D eigenvalue weighted by Gasteiger charge is 2.26. The highest BCUT2D eigenvalue weighted by Crippen LogP contribution is 2.18. The maximum atomic E-state index is 13.8. The van der Waals surface area contributed by atoms with Crippen LogP contribution in [0.4, 0.5) is 4.39 Å². The molecule has 1 aliphatic rings. The molecule has 1 fully saturated rings. The molecule has 3 nitrogen and oxygen atoms in total. The third-order valence-electron chi connectivity index (χ3n) is 3.91. The Hall–Kier alpha value is -1.42. The predicted octanol–water partition coefficient (Wildman–Crippen LogP) is 2.30. The van der Waals surface area contributed by atoms with Crippen LogP contribution in [0, 0.1) is 12.7 Å². The molecule has 1 aromatic carbocycles. The van der Waals surface area contributed by atoms with E-state index < -0.39 is 5.82 Å². The zero-order valence-electron chi connectivity index (χ0n) is 11.8. The number of likely N-dealkylation sites (tertiary alicyclic amines) is 1. The lowest BCUT2D eigenvalue weighted by Crippen LogP contribution is -2.44. The van der Waals surface area contributed by atoms with Crippen molar-refractivity contribution in [1.82, 2.24) is 9.80 Å². The standard InChI is InChI=1S/C15H21FN2O/c1-11-4-5-14(16)13(10-11)15(19)18(3)12-6-8-17(2)9-7-12/h4-5,10,12H,6-9H2,1-3H3. The van der Waals surface area contributed by atoms with Gasteiger partial charge in [-0.3, -0.25) is 4.79 Å². The van der Waals surface area contributed by atoms with Crippen molar-refractivity contribution in [2.75, 3.05) is 27.2 Å². The summed E-state index contributed by atoms with van der Waals surface area (Å²) in [7, 11) is 3.86. The summed E-state index contributed by atoms with van der Waals surface area (Å²) in [6.45, 7) is 3.84. The first kappa shape index (κ1) is 14.0. The summed E-state index contributed by atoms with van der Waals surface area (Å²) in [5.74, 6) is -0.647. The van der Waals surface area contributed by atoms with E-state index in [1.165, 1.54) is 6.07 Å². The van der Waals surface area contributed by atoms with Gasteiger partial charge in [-0.05, 0) is 52.0 Å². The van der Waals surface area contributed by atoms with Crippen LogP contribution in [0.1, 0.15) is 28.8 Å². The Kier molecular flexibility index (Phi) is 4.20. The monoisotopic (exact) mass is 264 g/mol. The average Bonchev–Trinajstić information content (AvgIpc) is 2.41. The first-order valence-corrected chi connectivity index (χ1v) is 6.71. The van der Waals surface area contributed by atoms with E-state index >= 15 is 0 Å². The predicted molar refractivity (Wildman–Crippen MR) is 73.7 cm³/mol. The lowest BCUT2D eigenvalue weighted by atomic mass is 10.0. The van der Waals surface area contributed by atoms with Gasteiger partial charge in [-0.15, -0.1) is 0 Å². The molecule has 0 spiro atoms. The molecule has 0 atom stereocenters. The molecule has 0 N–H and O–H groups in total. The Labute approximate surface area is 114 Å². The SMILES string of the molecule is Cc1ccc(F)c(C(=O)N(C)C2CCN(C)CC2)c1. The number of hydrogen-bond donors (Lipinski definition) is 0. The maximum absolute atomic E-state index is 13.8. The quantitative estimate of drug-likeness (QED) is 0.818. The minimum atomic E-state index is -0.435. The third-order valence-corrected chi connectivity index (χ3v) is 3.91. The van der Waals surface area contributed by atoms with Gasteiger partial charge in [-0.25, -0.2) is 4.39 Å². The summed E-state index contributed by atoms with van der Waals surface area (Å²) in [5, 5.41) is 0. The molecule has 0 aromatic heterocycles. The van der Waals surface area contributed by atoms with Crippen molar-refractivity contribution < 1.29 is 9.18 Å². The van der Waals surface area contributed by atoms with Gasteiger partial charge in [-0.2, -0.15) is 0 Å². The Morgan fingerprint density at radius 1 is 1.37 bits per heavy atom. The number of aryl methyl sites for hydroxylation is 1. The fourth-order valence-corrected chi connectivity index (χ4v) is 2.54. The molecular weight excluding hydrogens is 243 g/mol. The van der Waals surface area contributed by atoms with E-state index in [-0.39, 0.29) is 17.5 Å². The van der Waals surface area contributed by atoms with E-state index in [1.807, 2.05) is 6.92 Å². The lowest BCUT2D eigenvalue weighted by molar-refractivity contribution is 0.0655. The Bertz CT molecular complexity index is 467. The molecule has 4 heteroatoms. The zero-order chi connectivity index (χ0) is 14.0. The van der Waals surface area contributed by atoms with Crippen LogP contribution in [-0.4, -0.2) is 48.9 Å². The summed E-state index contributed by atoms with van der Waals surface area (Å²) in [6, 6.07) is 4.89. The van der Waals surface area contributed by atoms with Crippen LogP contribution in [0.15, 0.2) is 18.2 Å². The highest BCUT2D eigenvalue weighted by atomic mass is 19.1. The zero-order valence-corrected chi connectivity index (χ0v) is 11.8. The molecule has 1 saturated heterocycles. The molecule has 19 heavy (non-hydrogen) atoms. The molecule has 1 heterocycles. The van der Waals surface area contributed by atoms with Gasteiger partial charge in [0.05, 0.1) is 5.56 Å². The van der Waals surface area contributed by atoms with Crippen molar-refractivity contribution in [2.24, 2.45) is 0 Å². The van der Waals surface area contributed by atoms with Gasteiger partial charge in [0, 0.05) is 13.1 Å². The van der Waals surface area contributed by atoms with Crippen molar-refractivity contribution >= 4 is 5.91 Å². The molecular formula is C15H21FN2O. The van der Waals surface area contributed by atoms with Crippen molar-refractivity contribution in [2.45, 2.75) is 25.8 Å². The number of amides is 1. The Morgan fingerprint density at radius 3 is 2.63 bits per heavy atom. The number of hydrogen-bond acceptors (Lipinski definition) is 2. The molecule has 1 aliphatic heterocycles. The van der Waals surface area contributed by atoms with E-state index in [1.54, 1.807) is 24.1 Å². The third kappa shape index (κ3) is 3.13. The second kappa shape index (κ2) is 5.70. The van der Waals surface area contributed by atoms with E-state index in [9.17, 15) is 9.18 Å². The Balaban J connectivity index is 2.12. The van der Waals surface area contributed by atoms with E-state index in [2.05, 4.69) is 11.9 Å². The Morgan fingerprint density at radius 2 is 2.00 bits per heavy atom. The van der Waals surface area contributed by atoms with Crippen LogP contribution in [0.2, 0.25) is 0 Å². The number of carbonyl (C=O) groups is 1. The summed E-state index contributed by atoms with van der Waals surface area (Å²) >= 11 is 0. The number of halogens is 1. The average molecular weight is 264 g/mol. The minimum absolute atomic E-state index is 0.182. The highest BCUT2D eigenvalue weighted by molar-refractivity contribution is 5.94. The van der Waals surface area contributed by atoms with Crippen molar-refractivity contribution in [3.8, 4) is 0 Å². The topological polar surface area (TPSA) is 23.6 Å². The van der Waals surface area contributed by atoms with Crippen LogP contribution in [0.5, 0.6) is 0 Å². The normalized spacial score (nSPS) is 17.5. The molecule has 1 amide bonds. The van der Waals surface area contributed by atoms with Crippen LogP contribution < -0.4 is 0 Å². The molecule has 0 aliphatic carbocycles. The molecule has 0 bridgehead atoms. The number of benzene rings is 1.